The normalized spacial score (nSPS) is 15.9. The Hall–Kier alpha value is -2.35. The van der Waals surface area contributed by atoms with Crippen LogP contribution < -0.4 is 5.32 Å². The van der Waals surface area contributed by atoms with Crippen molar-refractivity contribution in [3.05, 3.63) is 57.8 Å². The van der Waals surface area contributed by atoms with Crippen molar-refractivity contribution < 1.29 is 22.8 Å². The smallest absolute Gasteiger partial charge is 0.351 e. The summed E-state index contributed by atoms with van der Waals surface area (Å²) in [6.07, 6.45) is -1.53. The Morgan fingerprint density at radius 2 is 1.83 bits per heavy atom. The fourth-order valence-corrected chi connectivity index (χ4v) is 4.39. The molecule has 1 N–H and O–H groups in total. The van der Waals surface area contributed by atoms with Gasteiger partial charge < -0.3 is 10.2 Å². The van der Waals surface area contributed by atoms with Crippen LogP contribution in [0.1, 0.15) is 47.7 Å². The van der Waals surface area contributed by atoms with Crippen molar-refractivity contribution in [2.75, 3.05) is 0 Å². The Bertz CT molecular complexity index is 829. The molecule has 2 amide bonds. The van der Waals surface area contributed by atoms with Crippen LogP contribution in [0.3, 0.4) is 0 Å². The number of carbonyl (C=O) groups excluding carboxylic acids is 2. The van der Waals surface area contributed by atoms with Gasteiger partial charge in [0.1, 0.15) is 6.04 Å². The summed E-state index contributed by atoms with van der Waals surface area (Å²) in [5.74, 6) is -2.58. The molecule has 0 spiro atoms. The summed E-state index contributed by atoms with van der Waals surface area (Å²) in [5.41, 5.74) is 1.49. The number of hydrogen-bond donors (Lipinski definition) is 1. The highest BCUT2D eigenvalue weighted by atomic mass is 32.1. The molecule has 1 heterocycles. The molecule has 29 heavy (non-hydrogen) atoms. The Morgan fingerprint density at radius 3 is 2.38 bits per heavy atom. The van der Waals surface area contributed by atoms with Gasteiger partial charge in [-0.15, -0.1) is 11.3 Å². The van der Waals surface area contributed by atoms with E-state index >= 15 is 0 Å². The lowest BCUT2D eigenvalue weighted by Gasteiger charge is -2.32. The van der Waals surface area contributed by atoms with Crippen molar-refractivity contribution in [2.45, 2.75) is 57.4 Å². The summed E-state index contributed by atoms with van der Waals surface area (Å²) < 4.78 is 40.3. The van der Waals surface area contributed by atoms with Crippen LogP contribution in [0.15, 0.2) is 41.8 Å². The highest BCUT2D eigenvalue weighted by Crippen LogP contribution is 2.32. The average molecular weight is 424 g/mol. The van der Waals surface area contributed by atoms with Crippen molar-refractivity contribution in [2.24, 2.45) is 0 Å². The fraction of sp³-hybridized carbons (Fsp3) is 0.429. The van der Waals surface area contributed by atoms with Gasteiger partial charge in [-0.3, -0.25) is 9.59 Å². The SMILES string of the molecule is Cc1ccc(CN(C(=O)C(F)(F)F)[C@@H](C(=O)NC2CCCC2)c2cccs2)cc1. The monoisotopic (exact) mass is 424 g/mol. The van der Waals surface area contributed by atoms with E-state index in [1.807, 2.05) is 6.92 Å². The molecule has 1 aliphatic carbocycles. The minimum atomic E-state index is -5.08. The van der Waals surface area contributed by atoms with E-state index in [0.29, 0.717) is 15.3 Å². The number of thiophene rings is 1. The van der Waals surface area contributed by atoms with Gasteiger partial charge in [-0.05, 0) is 36.8 Å². The van der Waals surface area contributed by atoms with Crippen LogP contribution in [0.25, 0.3) is 0 Å². The van der Waals surface area contributed by atoms with Crippen LogP contribution in [0, 0.1) is 6.92 Å². The highest BCUT2D eigenvalue weighted by molar-refractivity contribution is 7.10. The Kier molecular flexibility index (Phi) is 6.62. The molecule has 8 heteroatoms. The third-order valence-electron chi connectivity index (χ3n) is 5.05. The Morgan fingerprint density at radius 1 is 1.17 bits per heavy atom. The summed E-state index contributed by atoms with van der Waals surface area (Å²) in [6, 6.07) is 8.75. The summed E-state index contributed by atoms with van der Waals surface area (Å²) >= 11 is 1.16. The zero-order valence-corrected chi connectivity index (χ0v) is 16.9. The van der Waals surface area contributed by atoms with Crippen molar-refractivity contribution >= 4 is 23.2 Å². The third-order valence-corrected chi connectivity index (χ3v) is 5.98. The first-order valence-electron chi connectivity index (χ1n) is 9.53. The molecule has 0 saturated heterocycles. The molecule has 1 saturated carbocycles. The van der Waals surface area contributed by atoms with Gasteiger partial charge in [0, 0.05) is 17.5 Å². The van der Waals surface area contributed by atoms with Gasteiger partial charge in [0.25, 0.3) is 0 Å². The lowest BCUT2D eigenvalue weighted by molar-refractivity contribution is -0.189. The van der Waals surface area contributed by atoms with Crippen molar-refractivity contribution in [3.63, 3.8) is 0 Å². The molecule has 0 bridgehead atoms. The van der Waals surface area contributed by atoms with Gasteiger partial charge in [0.15, 0.2) is 0 Å². The number of benzene rings is 1. The second-order valence-corrected chi connectivity index (χ2v) is 8.30. The lowest BCUT2D eigenvalue weighted by atomic mass is 10.1. The Labute approximate surface area is 171 Å². The first-order valence-corrected chi connectivity index (χ1v) is 10.4. The summed E-state index contributed by atoms with van der Waals surface area (Å²) in [6.45, 7) is 1.56. The minimum Gasteiger partial charge on any atom is -0.351 e. The van der Waals surface area contributed by atoms with Gasteiger partial charge in [-0.2, -0.15) is 13.2 Å². The summed E-state index contributed by atoms with van der Waals surface area (Å²) in [7, 11) is 0. The molecule has 1 atom stereocenters. The maximum absolute atomic E-state index is 13.4. The van der Waals surface area contributed by atoms with Crippen molar-refractivity contribution in [1.29, 1.82) is 0 Å². The molecule has 1 aromatic heterocycles. The summed E-state index contributed by atoms with van der Waals surface area (Å²) in [4.78, 5) is 26.4. The highest BCUT2D eigenvalue weighted by Gasteiger charge is 2.47. The number of rotatable bonds is 6. The van der Waals surface area contributed by atoms with Gasteiger partial charge >= 0.3 is 12.1 Å². The van der Waals surface area contributed by atoms with E-state index in [1.54, 1.807) is 41.8 Å². The molecule has 3 rings (SSSR count). The number of nitrogens with one attached hydrogen (secondary N) is 1. The molecule has 1 fully saturated rings. The number of nitrogens with zero attached hydrogens (tertiary/aromatic N) is 1. The molecular formula is C21H23F3N2O2S. The van der Waals surface area contributed by atoms with Crippen molar-refractivity contribution in [1.82, 2.24) is 10.2 Å². The number of hydrogen-bond acceptors (Lipinski definition) is 3. The molecule has 0 radical (unpaired) electrons. The predicted octanol–water partition coefficient (Wildman–Crippen LogP) is 4.75. The predicted molar refractivity (Wildman–Crippen MR) is 105 cm³/mol. The van der Waals surface area contributed by atoms with Gasteiger partial charge in [0.05, 0.1) is 0 Å². The maximum Gasteiger partial charge on any atom is 0.471 e. The number of carbonyl (C=O) groups is 2. The van der Waals surface area contributed by atoms with Gasteiger partial charge in [0.2, 0.25) is 5.91 Å². The zero-order chi connectivity index (χ0) is 21.0. The number of halogens is 3. The zero-order valence-electron chi connectivity index (χ0n) is 16.0. The van der Waals surface area contributed by atoms with Crippen LogP contribution in [0.5, 0.6) is 0 Å². The fourth-order valence-electron chi connectivity index (χ4n) is 3.55. The van der Waals surface area contributed by atoms with E-state index in [-0.39, 0.29) is 12.6 Å². The van der Waals surface area contributed by atoms with E-state index in [4.69, 9.17) is 0 Å². The number of alkyl halides is 3. The van der Waals surface area contributed by atoms with E-state index in [2.05, 4.69) is 5.32 Å². The minimum absolute atomic E-state index is 0.0628. The van der Waals surface area contributed by atoms with Crippen LogP contribution in [-0.4, -0.2) is 28.9 Å². The van der Waals surface area contributed by atoms with E-state index in [9.17, 15) is 22.8 Å². The lowest BCUT2D eigenvalue weighted by Crippen LogP contribution is -2.49. The summed E-state index contributed by atoms with van der Waals surface area (Å²) in [5, 5.41) is 4.54. The maximum atomic E-state index is 13.4. The first-order chi connectivity index (χ1) is 13.8. The third kappa shape index (κ3) is 5.38. The van der Waals surface area contributed by atoms with Gasteiger partial charge in [-0.1, -0.05) is 48.7 Å². The molecule has 156 valence electrons. The topological polar surface area (TPSA) is 49.4 Å². The molecule has 1 aliphatic rings. The average Bonchev–Trinajstić information content (AvgIpc) is 3.36. The molecular weight excluding hydrogens is 401 g/mol. The van der Waals surface area contributed by atoms with Crippen LogP contribution >= 0.6 is 11.3 Å². The Balaban J connectivity index is 1.95. The van der Waals surface area contributed by atoms with E-state index in [1.165, 1.54) is 0 Å². The molecule has 2 aromatic rings. The second kappa shape index (κ2) is 8.98. The second-order valence-electron chi connectivity index (χ2n) is 7.32. The number of amides is 2. The number of aryl methyl sites for hydroxylation is 1. The largest absolute Gasteiger partial charge is 0.471 e. The van der Waals surface area contributed by atoms with Crippen molar-refractivity contribution in [3.8, 4) is 0 Å². The van der Waals surface area contributed by atoms with E-state index in [0.717, 1.165) is 42.6 Å². The quantitative estimate of drug-likeness (QED) is 0.728. The van der Waals surface area contributed by atoms with Crippen LogP contribution in [-0.2, 0) is 16.1 Å². The van der Waals surface area contributed by atoms with Gasteiger partial charge in [-0.25, -0.2) is 0 Å². The van der Waals surface area contributed by atoms with Crippen LogP contribution in [0.2, 0.25) is 0 Å². The first kappa shape index (κ1) is 21.4. The standard InChI is InChI=1S/C21H23F3N2O2S/c1-14-8-10-15(11-9-14)13-26(20(28)21(22,23)24)18(17-7-4-12-29-17)19(27)25-16-5-2-3-6-16/h4,7-12,16,18H,2-3,5-6,13H2,1H3,(H,25,27)/t18-/m1/s1. The molecule has 0 aliphatic heterocycles. The molecule has 1 aromatic carbocycles. The van der Waals surface area contributed by atoms with Crippen LogP contribution in [0.4, 0.5) is 13.2 Å². The molecule has 0 unspecified atom stereocenters. The van der Waals surface area contributed by atoms with E-state index < -0.39 is 24.0 Å². The molecule has 4 nitrogen and oxygen atoms in total.